The molecule has 33 heavy (non-hydrogen) atoms. The molecule has 11 heteroatoms. The maximum absolute atomic E-state index is 12.2. The summed E-state index contributed by atoms with van der Waals surface area (Å²) in [7, 11) is 2.73. The summed E-state index contributed by atoms with van der Waals surface area (Å²) in [6.45, 7) is -0.0910. The highest BCUT2D eigenvalue weighted by Gasteiger charge is 2.25. The van der Waals surface area contributed by atoms with Gasteiger partial charge in [-0.2, -0.15) is 5.10 Å². The monoisotopic (exact) mass is 474 g/mol. The van der Waals surface area contributed by atoms with Crippen molar-refractivity contribution < 1.29 is 28.6 Å². The highest BCUT2D eigenvalue weighted by Crippen LogP contribution is 2.28. The first-order valence-electron chi connectivity index (χ1n) is 10.5. The van der Waals surface area contributed by atoms with Crippen molar-refractivity contribution in [3.63, 3.8) is 0 Å². The molecule has 3 rings (SSSR count). The van der Waals surface area contributed by atoms with Crippen LogP contribution in [0.4, 0.5) is 0 Å². The Morgan fingerprint density at radius 3 is 2.73 bits per heavy atom. The lowest BCUT2D eigenvalue weighted by atomic mass is 9.95. The molecular weight excluding hydrogens is 448 g/mol. The van der Waals surface area contributed by atoms with Gasteiger partial charge in [0.2, 0.25) is 0 Å². The van der Waals surface area contributed by atoms with E-state index in [-0.39, 0.29) is 28.6 Å². The average Bonchev–Trinajstić information content (AvgIpc) is 3.17. The Morgan fingerprint density at radius 2 is 2.00 bits per heavy atom. The van der Waals surface area contributed by atoms with E-state index >= 15 is 0 Å². The van der Waals surface area contributed by atoms with Crippen LogP contribution in [-0.4, -0.2) is 56.0 Å². The van der Waals surface area contributed by atoms with E-state index in [2.05, 4.69) is 25.6 Å². The predicted molar refractivity (Wildman–Crippen MR) is 124 cm³/mol. The SMILES string of the molecule is COC(=O)/C=C1/S/C(=N\N=Cc2ccc(OCC(=O)NC3CCCCC3)c(OC)c2)NC1=O. The number of carbonyl (C=O) groups excluding carboxylic acids is 3. The van der Waals surface area contributed by atoms with Crippen LogP contribution < -0.4 is 20.1 Å². The number of ether oxygens (including phenoxy) is 3. The predicted octanol–water partition coefficient (Wildman–Crippen LogP) is 2.13. The third-order valence-corrected chi connectivity index (χ3v) is 5.87. The molecule has 2 amide bonds. The molecule has 0 spiro atoms. The highest BCUT2D eigenvalue weighted by molar-refractivity contribution is 8.18. The fourth-order valence-electron chi connectivity index (χ4n) is 3.33. The lowest BCUT2D eigenvalue weighted by Crippen LogP contribution is -2.39. The summed E-state index contributed by atoms with van der Waals surface area (Å²) in [5, 5.41) is 13.7. The molecule has 1 aliphatic carbocycles. The average molecular weight is 475 g/mol. The Labute approximate surface area is 195 Å². The molecule has 10 nitrogen and oxygen atoms in total. The summed E-state index contributed by atoms with van der Waals surface area (Å²) < 4.78 is 15.5. The van der Waals surface area contributed by atoms with Crippen LogP contribution in [0.25, 0.3) is 0 Å². The number of methoxy groups -OCH3 is 2. The fourth-order valence-corrected chi connectivity index (χ4v) is 4.07. The van der Waals surface area contributed by atoms with Gasteiger partial charge in [0.1, 0.15) is 0 Å². The van der Waals surface area contributed by atoms with Gasteiger partial charge in [-0.3, -0.25) is 14.9 Å². The van der Waals surface area contributed by atoms with Gasteiger partial charge in [0.15, 0.2) is 23.3 Å². The van der Waals surface area contributed by atoms with Crippen molar-refractivity contribution in [2.75, 3.05) is 20.8 Å². The summed E-state index contributed by atoms with van der Waals surface area (Å²) in [5.41, 5.74) is 0.676. The van der Waals surface area contributed by atoms with E-state index in [1.165, 1.54) is 26.9 Å². The molecule has 176 valence electrons. The third-order valence-electron chi connectivity index (χ3n) is 4.97. The Bertz CT molecular complexity index is 985. The van der Waals surface area contributed by atoms with Crippen LogP contribution in [0, 0.1) is 0 Å². The number of hydrogen-bond acceptors (Lipinski definition) is 9. The Kier molecular flexibility index (Phi) is 8.87. The molecule has 2 fully saturated rings. The van der Waals surface area contributed by atoms with E-state index in [1.807, 2.05) is 0 Å². The van der Waals surface area contributed by atoms with Gasteiger partial charge in [-0.1, -0.05) is 19.3 Å². The number of benzene rings is 1. The lowest BCUT2D eigenvalue weighted by molar-refractivity contribution is -0.135. The summed E-state index contributed by atoms with van der Waals surface area (Å²) in [4.78, 5) is 35.4. The first-order valence-corrected chi connectivity index (χ1v) is 11.3. The second kappa shape index (κ2) is 12.0. The number of thioether (sulfide) groups is 1. The first-order chi connectivity index (χ1) is 16.0. The van der Waals surface area contributed by atoms with Crippen LogP contribution in [-0.2, 0) is 19.1 Å². The molecule has 1 aliphatic heterocycles. The number of amides is 2. The molecule has 0 aromatic heterocycles. The van der Waals surface area contributed by atoms with E-state index in [9.17, 15) is 14.4 Å². The third kappa shape index (κ3) is 7.35. The summed E-state index contributed by atoms with van der Waals surface area (Å²) in [6.07, 6.45) is 8.10. The molecule has 2 aliphatic rings. The topological polar surface area (TPSA) is 128 Å². The number of hydrogen-bond donors (Lipinski definition) is 2. The number of amidine groups is 1. The summed E-state index contributed by atoms with van der Waals surface area (Å²) >= 11 is 0.983. The molecule has 2 N–H and O–H groups in total. The molecule has 1 saturated heterocycles. The van der Waals surface area contributed by atoms with Crippen molar-refractivity contribution in [1.29, 1.82) is 0 Å². The van der Waals surface area contributed by atoms with E-state index < -0.39 is 11.9 Å². The molecule has 0 atom stereocenters. The minimum absolute atomic E-state index is 0.0910. The maximum Gasteiger partial charge on any atom is 0.331 e. The maximum atomic E-state index is 12.2. The molecule has 1 heterocycles. The zero-order valence-corrected chi connectivity index (χ0v) is 19.3. The van der Waals surface area contributed by atoms with Crippen LogP contribution >= 0.6 is 11.8 Å². The van der Waals surface area contributed by atoms with E-state index in [0.29, 0.717) is 17.1 Å². The van der Waals surface area contributed by atoms with Gasteiger partial charge < -0.3 is 19.5 Å². The van der Waals surface area contributed by atoms with Gasteiger partial charge >= 0.3 is 5.97 Å². The number of rotatable bonds is 8. The largest absolute Gasteiger partial charge is 0.493 e. The zero-order chi connectivity index (χ0) is 23.6. The lowest BCUT2D eigenvalue weighted by Gasteiger charge is -2.22. The van der Waals surface area contributed by atoms with Crippen LogP contribution in [0.5, 0.6) is 11.5 Å². The highest BCUT2D eigenvalue weighted by atomic mass is 32.2. The number of esters is 1. The van der Waals surface area contributed by atoms with Crippen LogP contribution in [0.15, 0.2) is 39.4 Å². The Morgan fingerprint density at radius 1 is 1.21 bits per heavy atom. The van der Waals surface area contributed by atoms with Gasteiger partial charge in [0.25, 0.3) is 11.8 Å². The van der Waals surface area contributed by atoms with Crippen molar-refractivity contribution in [2.24, 2.45) is 10.2 Å². The van der Waals surface area contributed by atoms with Crippen LogP contribution in [0.1, 0.15) is 37.7 Å². The van der Waals surface area contributed by atoms with Crippen LogP contribution in [0.3, 0.4) is 0 Å². The zero-order valence-electron chi connectivity index (χ0n) is 18.5. The second-order valence-corrected chi connectivity index (χ2v) is 8.37. The van der Waals surface area contributed by atoms with E-state index in [0.717, 1.165) is 43.5 Å². The Hall–Kier alpha value is -3.34. The van der Waals surface area contributed by atoms with Crippen molar-refractivity contribution in [2.45, 2.75) is 38.1 Å². The molecule has 0 unspecified atom stereocenters. The molecule has 0 bridgehead atoms. The van der Waals surface area contributed by atoms with Crippen molar-refractivity contribution in [1.82, 2.24) is 10.6 Å². The van der Waals surface area contributed by atoms with E-state index in [4.69, 9.17) is 9.47 Å². The second-order valence-electron chi connectivity index (χ2n) is 7.34. The first kappa shape index (κ1) is 24.3. The number of nitrogens with zero attached hydrogens (tertiary/aromatic N) is 2. The van der Waals surface area contributed by atoms with Gasteiger partial charge in [-0.05, 0) is 48.4 Å². The molecular formula is C22H26N4O6S. The minimum atomic E-state index is -0.627. The minimum Gasteiger partial charge on any atom is -0.493 e. The van der Waals surface area contributed by atoms with Crippen molar-refractivity contribution >= 4 is 40.9 Å². The quantitative estimate of drug-likeness (QED) is 0.256. The van der Waals surface area contributed by atoms with Crippen LogP contribution in [0.2, 0.25) is 0 Å². The van der Waals surface area contributed by atoms with Gasteiger partial charge in [-0.15, -0.1) is 5.10 Å². The molecule has 1 saturated carbocycles. The van der Waals surface area contributed by atoms with Crippen molar-refractivity contribution in [3.8, 4) is 11.5 Å². The van der Waals surface area contributed by atoms with Gasteiger partial charge in [0.05, 0.1) is 25.3 Å². The van der Waals surface area contributed by atoms with E-state index in [1.54, 1.807) is 18.2 Å². The smallest absolute Gasteiger partial charge is 0.331 e. The normalized spacial score (nSPS) is 19.0. The Balaban J connectivity index is 1.55. The van der Waals surface area contributed by atoms with Gasteiger partial charge in [0, 0.05) is 12.1 Å². The molecule has 0 radical (unpaired) electrons. The standard InChI is InChI=1S/C22H26N4O6S/c1-30-17-10-14(12-23-26-22-25-21(29)18(33-22)11-20(28)31-2)8-9-16(17)32-13-19(27)24-15-6-4-3-5-7-15/h8-12,15H,3-7,13H2,1-2H3,(H,24,27)(H,25,26,29)/b18-11+,23-12?. The summed E-state index contributed by atoms with van der Waals surface area (Å²) in [6, 6.07) is 5.35. The van der Waals surface area contributed by atoms with Crippen molar-refractivity contribution in [3.05, 3.63) is 34.7 Å². The molecule has 1 aromatic carbocycles. The summed E-state index contributed by atoms with van der Waals surface area (Å²) in [5.74, 6) is -0.338. The number of nitrogens with one attached hydrogen (secondary N) is 2. The van der Waals surface area contributed by atoms with Gasteiger partial charge in [-0.25, -0.2) is 4.79 Å². The molecule has 1 aromatic rings. The number of carbonyl (C=O) groups is 3. The fraction of sp³-hybridized carbons (Fsp3) is 0.409.